The summed E-state index contributed by atoms with van der Waals surface area (Å²) in [5.74, 6) is 1.04. The van der Waals surface area contributed by atoms with Gasteiger partial charge in [0.2, 0.25) is 0 Å². The lowest BCUT2D eigenvalue weighted by Crippen LogP contribution is -2.41. The number of anilines is 1. The molecule has 3 rings (SSSR count). The van der Waals surface area contributed by atoms with Crippen LogP contribution >= 0.6 is 0 Å². The van der Waals surface area contributed by atoms with Crippen LogP contribution in [0.4, 0.5) is 5.69 Å². The summed E-state index contributed by atoms with van der Waals surface area (Å²) in [6.07, 6.45) is 0.232. The molecule has 1 aliphatic heterocycles. The van der Waals surface area contributed by atoms with E-state index in [9.17, 15) is 0 Å². The molecule has 1 atom stereocenters. The molecule has 0 fully saturated rings. The van der Waals surface area contributed by atoms with Crippen molar-refractivity contribution in [2.75, 3.05) is 31.6 Å². The monoisotopic (exact) mass is 256 g/mol. The van der Waals surface area contributed by atoms with Gasteiger partial charge < -0.3 is 15.0 Å². The minimum absolute atomic E-state index is 0.232. The van der Waals surface area contributed by atoms with Crippen molar-refractivity contribution in [3.63, 3.8) is 0 Å². The Morgan fingerprint density at radius 3 is 2.95 bits per heavy atom. The van der Waals surface area contributed by atoms with Crippen LogP contribution in [0.15, 0.2) is 36.4 Å². The molecule has 0 saturated carbocycles. The minimum atomic E-state index is 0.232. The molecule has 100 valence electrons. The zero-order valence-electron chi connectivity index (χ0n) is 11.5. The van der Waals surface area contributed by atoms with Gasteiger partial charge in [-0.05, 0) is 25.4 Å². The summed E-state index contributed by atoms with van der Waals surface area (Å²) >= 11 is 0. The lowest BCUT2D eigenvalue weighted by molar-refractivity contribution is 0.215. The van der Waals surface area contributed by atoms with Gasteiger partial charge in [0, 0.05) is 18.5 Å². The van der Waals surface area contributed by atoms with Crippen LogP contribution in [0.2, 0.25) is 0 Å². The maximum Gasteiger partial charge on any atom is 0.150 e. The van der Waals surface area contributed by atoms with Crippen LogP contribution in [0.3, 0.4) is 0 Å². The van der Waals surface area contributed by atoms with Gasteiger partial charge >= 0.3 is 0 Å². The van der Waals surface area contributed by atoms with Crippen molar-refractivity contribution >= 4 is 16.5 Å². The van der Waals surface area contributed by atoms with E-state index in [1.165, 1.54) is 16.5 Å². The van der Waals surface area contributed by atoms with Gasteiger partial charge in [-0.15, -0.1) is 0 Å². The molecule has 2 aromatic carbocycles. The van der Waals surface area contributed by atoms with E-state index in [1.807, 2.05) is 7.05 Å². The Bertz CT molecular complexity index is 582. The fourth-order valence-corrected chi connectivity index (χ4v) is 2.71. The number of rotatable bonds is 3. The number of fused-ring (bicyclic) bond motifs is 3. The second-order valence-electron chi connectivity index (χ2n) is 5.11. The van der Waals surface area contributed by atoms with E-state index in [0.717, 1.165) is 25.4 Å². The van der Waals surface area contributed by atoms with E-state index < -0.39 is 0 Å². The lowest BCUT2D eigenvalue weighted by Gasteiger charge is -2.35. The van der Waals surface area contributed by atoms with E-state index in [1.54, 1.807) is 0 Å². The zero-order valence-corrected chi connectivity index (χ0v) is 11.5. The number of hydrogen-bond donors (Lipinski definition) is 1. The Hall–Kier alpha value is -1.74. The largest absolute Gasteiger partial charge is 0.486 e. The third-order valence-electron chi connectivity index (χ3n) is 3.63. The van der Waals surface area contributed by atoms with Crippen LogP contribution in [0.5, 0.6) is 5.75 Å². The number of nitrogens with zero attached hydrogens (tertiary/aromatic N) is 1. The number of nitrogens with one attached hydrogen (secondary N) is 1. The number of benzene rings is 2. The summed E-state index contributed by atoms with van der Waals surface area (Å²) in [7, 11) is 1.99. The van der Waals surface area contributed by atoms with Crippen molar-refractivity contribution in [2.45, 2.75) is 13.0 Å². The highest BCUT2D eigenvalue weighted by atomic mass is 16.5. The standard InChI is InChI=1S/C16H20N2O/c1-12-11-18(10-9-17-2)15-8-7-13-5-3-4-6-14(13)16(15)19-12/h3-8,12,17H,9-11H2,1-2H3. The lowest BCUT2D eigenvalue weighted by atomic mass is 10.1. The molecule has 2 aromatic rings. The average molecular weight is 256 g/mol. The topological polar surface area (TPSA) is 24.5 Å². The second-order valence-corrected chi connectivity index (χ2v) is 5.11. The Balaban J connectivity index is 2.07. The molecule has 0 radical (unpaired) electrons. The van der Waals surface area contributed by atoms with Crippen LogP contribution < -0.4 is 15.0 Å². The third kappa shape index (κ3) is 2.26. The summed E-state index contributed by atoms with van der Waals surface area (Å²) in [4.78, 5) is 2.41. The molecule has 19 heavy (non-hydrogen) atoms. The van der Waals surface area contributed by atoms with Crippen LogP contribution in [-0.4, -0.2) is 32.8 Å². The molecule has 1 heterocycles. The molecular formula is C16H20N2O. The van der Waals surface area contributed by atoms with Crippen LogP contribution in [-0.2, 0) is 0 Å². The van der Waals surface area contributed by atoms with Crippen molar-refractivity contribution in [3.05, 3.63) is 36.4 Å². The van der Waals surface area contributed by atoms with E-state index >= 15 is 0 Å². The maximum atomic E-state index is 6.09. The van der Waals surface area contributed by atoms with Crippen LogP contribution in [0.1, 0.15) is 6.92 Å². The normalized spacial score (nSPS) is 18.2. The summed E-state index contributed by atoms with van der Waals surface area (Å²) in [6.45, 7) is 5.08. The van der Waals surface area contributed by atoms with E-state index in [-0.39, 0.29) is 6.10 Å². The molecule has 0 spiro atoms. The predicted octanol–water partition coefficient (Wildman–Crippen LogP) is 2.65. The predicted molar refractivity (Wildman–Crippen MR) is 80.2 cm³/mol. The van der Waals surface area contributed by atoms with Gasteiger partial charge in [0.05, 0.1) is 12.2 Å². The smallest absolute Gasteiger partial charge is 0.150 e. The molecule has 0 saturated heterocycles. The van der Waals surface area contributed by atoms with E-state index in [0.29, 0.717) is 0 Å². The van der Waals surface area contributed by atoms with Crippen LogP contribution in [0, 0.1) is 0 Å². The Morgan fingerprint density at radius 1 is 1.26 bits per heavy atom. The van der Waals surface area contributed by atoms with Crippen molar-refractivity contribution in [1.29, 1.82) is 0 Å². The Kier molecular flexibility index (Phi) is 3.30. The van der Waals surface area contributed by atoms with Crippen molar-refractivity contribution in [3.8, 4) is 5.75 Å². The highest BCUT2D eigenvalue weighted by molar-refractivity contribution is 5.94. The van der Waals surface area contributed by atoms with Gasteiger partial charge in [0.25, 0.3) is 0 Å². The van der Waals surface area contributed by atoms with Gasteiger partial charge in [-0.25, -0.2) is 0 Å². The number of hydrogen-bond acceptors (Lipinski definition) is 3. The van der Waals surface area contributed by atoms with Gasteiger partial charge in [-0.3, -0.25) is 0 Å². The highest BCUT2D eigenvalue weighted by Gasteiger charge is 2.24. The third-order valence-corrected chi connectivity index (χ3v) is 3.63. The first-order chi connectivity index (χ1) is 9.29. The van der Waals surface area contributed by atoms with Gasteiger partial charge in [0.1, 0.15) is 6.10 Å². The molecule has 1 N–H and O–H groups in total. The molecule has 3 heteroatoms. The highest BCUT2D eigenvalue weighted by Crippen LogP contribution is 2.39. The summed E-state index contributed by atoms with van der Waals surface area (Å²) in [5.41, 5.74) is 1.21. The van der Waals surface area contributed by atoms with Crippen molar-refractivity contribution in [1.82, 2.24) is 5.32 Å². The van der Waals surface area contributed by atoms with E-state index in [4.69, 9.17) is 4.74 Å². The minimum Gasteiger partial charge on any atom is -0.486 e. The summed E-state index contributed by atoms with van der Waals surface area (Å²) in [5, 5.41) is 5.66. The molecule has 0 aliphatic carbocycles. The van der Waals surface area contributed by atoms with Gasteiger partial charge in [0.15, 0.2) is 5.75 Å². The van der Waals surface area contributed by atoms with Crippen LogP contribution in [0.25, 0.3) is 10.8 Å². The number of ether oxygens (including phenoxy) is 1. The molecule has 0 amide bonds. The quantitative estimate of drug-likeness (QED) is 0.913. The zero-order chi connectivity index (χ0) is 13.2. The van der Waals surface area contributed by atoms with E-state index in [2.05, 4.69) is 53.5 Å². The first-order valence-electron chi connectivity index (χ1n) is 6.87. The molecule has 0 bridgehead atoms. The summed E-state index contributed by atoms with van der Waals surface area (Å²) < 4.78 is 6.09. The first-order valence-corrected chi connectivity index (χ1v) is 6.87. The van der Waals surface area contributed by atoms with Gasteiger partial charge in [-0.2, -0.15) is 0 Å². The molecule has 0 aromatic heterocycles. The second kappa shape index (κ2) is 5.10. The fourth-order valence-electron chi connectivity index (χ4n) is 2.71. The van der Waals surface area contributed by atoms with Crippen molar-refractivity contribution in [2.24, 2.45) is 0 Å². The Labute approximate surface area is 114 Å². The molecular weight excluding hydrogens is 236 g/mol. The fraction of sp³-hybridized carbons (Fsp3) is 0.375. The SMILES string of the molecule is CNCCN1CC(C)Oc2c1ccc1ccccc21. The van der Waals surface area contributed by atoms with Crippen molar-refractivity contribution < 1.29 is 4.74 Å². The first kappa shape index (κ1) is 12.3. The molecule has 1 aliphatic rings. The average Bonchev–Trinajstić information content (AvgIpc) is 2.44. The Morgan fingerprint density at radius 2 is 2.11 bits per heavy atom. The number of likely N-dealkylation sites (N-methyl/N-ethyl adjacent to an activating group) is 1. The molecule has 3 nitrogen and oxygen atoms in total. The summed E-state index contributed by atoms with van der Waals surface area (Å²) in [6, 6.07) is 12.8. The van der Waals surface area contributed by atoms with Gasteiger partial charge in [-0.1, -0.05) is 30.3 Å². The maximum absolute atomic E-state index is 6.09. The molecule has 1 unspecified atom stereocenters.